The van der Waals surface area contributed by atoms with Gasteiger partial charge in [0.1, 0.15) is 18.1 Å². The number of halogens is 3. The third-order valence-electron chi connectivity index (χ3n) is 2.81. The maximum absolute atomic E-state index is 12.3. The predicted molar refractivity (Wildman–Crippen MR) is 78.5 cm³/mol. The minimum atomic E-state index is -4.75. The zero-order valence-corrected chi connectivity index (χ0v) is 12.2. The van der Waals surface area contributed by atoms with Gasteiger partial charge in [-0.05, 0) is 35.9 Å². The lowest BCUT2D eigenvalue weighted by molar-refractivity contribution is -0.275. The second kappa shape index (κ2) is 7.53. The zero-order chi connectivity index (χ0) is 16.7. The van der Waals surface area contributed by atoms with E-state index in [9.17, 15) is 13.2 Å². The second-order valence-corrected chi connectivity index (χ2v) is 4.44. The average molecular weight is 325 g/mol. The number of nitrogens with zero attached hydrogens (tertiary/aromatic N) is 1. The molecule has 7 heteroatoms. The zero-order valence-electron chi connectivity index (χ0n) is 12.2. The fraction of sp³-hybridized carbons (Fsp3) is 0.188. The van der Waals surface area contributed by atoms with Crippen LogP contribution >= 0.6 is 0 Å². The SMILES string of the molecule is COc1ccc(C=NOCc2ccccc2OC(F)(F)F)cc1. The lowest BCUT2D eigenvalue weighted by atomic mass is 10.2. The van der Waals surface area contributed by atoms with Crippen LogP contribution in [0.25, 0.3) is 0 Å². The Hall–Kier alpha value is -2.70. The minimum absolute atomic E-state index is 0.140. The molecule has 0 aliphatic carbocycles. The van der Waals surface area contributed by atoms with Crippen LogP contribution in [0.15, 0.2) is 53.7 Å². The molecule has 0 fully saturated rings. The summed E-state index contributed by atoms with van der Waals surface area (Å²) in [7, 11) is 1.56. The highest BCUT2D eigenvalue weighted by atomic mass is 19.4. The molecule has 2 aromatic carbocycles. The van der Waals surface area contributed by atoms with Crippen molar-refractivity contribution in [3.05, 3.63) is 59.7 Å². The molecule has 2 aromatic rings. The number of hydrogen-bond acceptors (Lipinski definition) is 4. The number of alkyl halides is 3. The maximum atomic E-state index is 12.3. The van der Waals surface area contributed by atoms with Crippen molar-refractivity contribution in [3.8, 4) is 11.5 Å². The van der Waals surface area contributed by atoms with E-state index in [1.165, 1.54) is 24.4 Å². The van der Waals surface area contributed by atoms with Gasteiger partial charge in [-0.2, -0.15) is 0 Å². The van der Waals surface area contributed by atoms with E-state index in [0.717, 1.165) is 5.56 Å². The van der Waals surface area contributed by atoms with Gasteiger partial charge in [0.2, 0.25) is 0 Å². The Labute approximate surface area is 131 Å². The van der Waals surface area contributed by atoms with Gasteiger partial charge >= 0.3 is 6.36 Å². The molecule has 0 spiro atoms. The van der Waals surface area contributed by atoms with Crippen LogP contribution in [0.4, 0.5) is 13.2 Å². The molecule has 0 saturated heterocycles. The predicted octanol–water partition coefficient (Wildman–Crippen LogP) is 4.14. The molecule has 4 nitrogen and oxygen atoms in total. The molecule has 122 valence electrons. The topological polar surface area (TPSA) is 40.0 Å². The van der Waals surface area contributed by atoms with Gasteiger partial charge in [0.05, 0.1) is 13.3 Å². The fourth-order valence-electron chi connectivity index (χ4n) is 1.74. The Morgan fingerprint density at radius 2 is 1.74 bits per heavy atom. The molecule has 23 heavy (non-hydrogen) atoms. The third kappa shape index (κ3) is 5.54. The first-order valence-corrected chi connectivity index (χ1v) is 6.61. The highest BCUT2D eigenvalue weighted by Crippen LogP contribution is 2.26. The van der Waals surface area contributed by atoms with Crippen LogP contribution in [0, 0.1) is 0 Å². The Morgan fingerprint density at radius 1 is 1.04 bits per heavy atom. The lowest BCUT2D eigenvalue weighted by Crippen LogP contribution is -2.18. The molecule has 0 N–H and O–H groups in total. The van der Waals surface area contributed by atoms with E-state index < -0.39 is 6.36 Å². The highest BCUT2D eigenvalue weighted by molar-refractivity contribution is 5.79. The number of ether oxygens (including phenoxy) is 2. The van der Waals surface area contributed by atoms with Gasteiger partial charge < -0.3 is 14.3 Å². The molecule has 0 amide bonds. The van der Waals surface area contributed by atoms with Crippen molar-refractivity contribution in [2.75, 3.05) is 7.11 Å². The molecule has 2 rings (SSSR count). The van der Waals surface area contributed by atoms with Crippen LogP contribution in [0.2, 0.25) is 0 Å². The molecule has 0 aliphatic heterocycles. The van der Waals surface area contributed by atoms with Crippen molar-refractivity contribution < 1.29 is 27.5 Å². The smallest absolute Gasteiger partial charge is 0.497 e. The van der Waals surface area contributed by atoms with Crippen LogP contribution in [-0.4, -0.2) is 19.7 Å². The van der Waals surface area contributed by atoms with Gasteiger partial charge in [0, 0.05) is 5.56 Å². The summed E-state index contributed by atoms with van der Waals surface area (Å²) >= 11 is 0. The van der Waals surface area contributed by atoms with E-state index in [1.807, 2.05) is 0 Å². The first kappa shape index (κ1) is 16.7. The first-order chi connectivity index (χ1) is 11.0. The van der Waals surface area contributed by atoms with Crippen LogP contribution in [0.1, 0.15) is 11.1 Å². The molecular formula is C16H14F3NO3. The normalized spacial score (nSPS) is 11.5. The molecule has 0 unspecified atom stereocenters. The van der Waals surface area contributed by atoms with E-state index >= 15 is 0 Å². The van der Waals surface area contributed by atoms with Crippen molar-refractivity contribution in [1.29, 1.82) is 0 Å². The Balaban J connectivity index is 1.94. The minimum Gasteiger partial charge on any atom is -0.497 e. The summed E-state index contributed by atoms with van der Waals surface area (Å²) in [4.78, 5) is 5.03. The summed E-state index contributed by atoms with van der Waals surface area (Å²) in [6.07, 6.45) is -3.30. The van der Waals surface area contributed by atoms with Crippen molar-refractivity contribution in [2.24, 2.45) is 5.16 Å². The standard InChI is InChI=1S/C16H14F3NO3/c1-21-14-8-6-12(7-9-14)10-20-22-11-13-4-2-3-5-15(13)23-16(17,18)19/h2-10H,11H2,1H3. The van der Waals surface area contributed by atoms with Crippen LogP contribution < -0.4 is 9.47 Å². The maximum Gasteiger partial charge on any atom is 0.573 e. The van der Waals surface area contributed by atoms with Crippen LogP contribution in [-0.2, 0) is 11.4 Å². The molecule has 0 saturated carbocycles. The second-order valence-electron chi connectivity index (χ2n) is 4.44. The number of rotatable bonds is 6. The Kier molecular flexibility index (Phi) is 5.46. The van der Waals surface area contributed by atoms with Crippen molar-refractivity contribution in [3.63, 3.8) is 0 Å². The summed E-state index contributed by atoms with van der Waals surface area (Å²) in [6, 6.07) is 12.8. The van der Waals surface area contributed by atoms with Gasteiger partial charge in [0.15, 0.2) is 0 Å². The number of hydrogen-bond donors (Lipinski definition) is 0. The first-order valence-electron chi connectivity index (χ1n) is 6.61. The average Bonchev–Trinajstić information content (AvgIpc) is 2.52. The van der Waals surface area contributed by atoms with Gasteiger partial charge in [-0.15, -0.1) is 13.2 Å². The molecule has 0 radical (unpaired) electrons. The van der Waals surface area contributed by atoms with Gasteiger partial charge in [-0.1, -0.05) is 23.4 Å². The number of oxime groups is 1. The summed E-state index contributed by atoms with van der Waals surface area (Å²) < 4.78 is 45.8. The van der Waals surface area contributed by atoms with Crippen molar-refractivity contribution in [2.45, 2.75) is 13.0 Å². The lowest BCUT2D eigenvalue weighted by Gasteiger charge is -2.12. The summed E-state index contributed by atoms with van der Waals surface area (Å²) in [5.41, 5.74) is 1.02. The molecule has 0 bridgehead atoms. The highest BCUT2D eigenvalue weighted by Gasteiger charge is 2.32. The number of benzene rings is 2. The fourth-order valence-corrected chi connectivity index (χ4v) is 1.74. The van der Waals surface area contributed by atoms with Crippen molar-refractivity contribution in [1.82, 2.24) is 0 Å². The van der Waals surface area contributed by atoms with E-state index in [-0.39, 0.29) is 17.9 Å². The number of methoxy groups -OCH3 is 1. The van der Waals surface area contributed by atoms with Crippen LogP contribution in [0.3, 0.4) is 0 Å². The van der Waals surface area contributed by atoms with E-state index in [1.54, 1.807) is 37.4 Å². The molecular weight excluding hydrogens is 311 g/mol. The molecule has 0 aliphatic rings. The molecule has 0 aromatic heterocycles. The van der Waals surface area contributed by atoms with E-state index in [2.05, 4.69) is 9.89 Å². The third-order valence-corrected chi connectivity index (χ3v) is 2.81. The largest absolute Gasteiger partial charge is 0.573 e. The molecule has 0 heterocycles. The van der Waals surface area contributed by atoms with Gasteiger partial charge in [0.25, 0.3) is 0 Å². The monoisotopic (exact) mass is 325 g/mol. The summed E-state index contributed by atoms with van der Waals surface area (Å²) in [5, 5.41) is 3.73. The van der Waals surface area contributed by atoms with E-state index in [4.69, 9.17) is 9.57 Å². The molecule has 0 atom stereocenters. The summed E-state index contributed by atoms with van der Waals surface area (Å²) in [6.45, 7) is -0.140. The quantitative estimate of drug-likeness (QED) is 0.592. The summed E-state index contributed by atoms with van der Waals surface area (Å²) in [5.74, 6) is 0.404. The Morgan fingerprint density at radius 3 is 2.39 bits per heavy atom. The van der Waals surface area contributed by atoms with Crippen LogP contribution in [0.5, 0.6) is 11.5 Å². The van der Waals surface area contributed by atoms with Gasteiger partial charge in [-0.3, -0.25) is 0 Å². The van der Waals surface area contributed by atoms with E-state index in [0.29, 0.717) is 5.75 Å². The van der Waals surface area contributed by atoms with Crippen molar-refractivity contribution >= 4 is 6.21 Å². The Bertz CT molecular complexity index is 654. The van der Waals surface area contributed by atoms with Gasteiger partial charge in [-0.25, -0.2) is 0 Å². The number of para-hydroxylation sites is 1.